The fourth-order valence-electron chi connectivity index (χ4n) is 3.08. The van der Waals surface area contributed by atoms with Crippen molar-refractivity contribution in [3.05, 3.63) is 34.8 Å². The molecule has 1 aromatic carbocycles. The maximum absolute atomic E-state index is 13.0. The number of benzene rings is 1. The Bertz CT molecular complexity index is 911. The molecule has 1 aliphatic rings. The number of nitrogens with zero attached hydrogens (tertiary/aromatic N) is 6. The third kappa shape index (κ3) is 7.94. The molecule has 33 heavy (non-hydrogen) atoms. The molecule has 1 aromatic rings. The SMILES string of the molecule is C=C(Cl)C(/C=N/N=C\OC)=N\N(CC(=O)N1CCN(c2ccc(Cl)c(OC)c2)CC1)C(C)C. The lowest BCUT2D eigenvalue weighted by Gasteiger charge is -2.37. The molecule has 0 saturated carbocycles. The maximum Gasteiger partial charge on any atom is 0.243 e. The molecule has 0 unspecified atom stereocenters. The van der Waals surface area contributed by atoms with Crippen molar-refractivity contribution in [1.29, 1.82) is 0 Å². The Labute approximate surface area is 204 Å². The molecule has 2 rings (SSSR count). The average molecular weight is 497 g/mol. The van der Waals surface area contributed by atoms with E-state index >= 15 is 0 Å². The highest BCUT2D eigenvalue weighted by Gasteiger charge is 2.24. The number of piperazine rings is 1. The second-order valence-electron chi connectivity index (χ2n) is 7.47. The predicted octanol–water partition coefficient (Wildman–Crippen LogP) is 3.48. The fourth-order valence-corrected chi connectivity index (χ4v) is 3.36. The summed E-state index contributed by atoms with van der Waals surface area (Å²) in [6.07, 6.45) is 2.54. The van der Waals surface area contributed by atoms with Gasteiger partial charge in [0.1, 0.15) is 18.0 Å². The van der Waals surface area contributed by atoms with E-state index in [0.29, 0.717) is 42.7 Å². The molecule has 0 spiro atoms. The number of amides is 1. The van der Waals surface area contributed by atoms with Crippen LogP contribution >= 0.6 is 23.2 Å². The molecule has 0 N–H and O–H groups in total. The van der Waals surface area contributed by atoms with E-state index in [1.807, 2.05) is 36.9 Å². The Morgan fingerprint density at radius 3 is 2.52 bits per heavy atom. The second-order valence-corrected chi connectivity index (χ2v) is 8.33. The highest BCUT2D eigenvalue weighted by Crippen LogP contribution is 2.29. The van der Waals surface area contributed by atoms with Crippen molar-refractivity contribution >= 4 is 53.1 Å². The van der Waals surface area contributed by atoms with Crippen LogP contribution in [0.3, 0.4) is 0 Å². The number of halogens is 2. The van der Waals surface area contributed by atoms with Crippen molar-refractivity contribution in [1.82, 2.24) is 9.91 Å². The Morgan fingerprint density at radius 2 is 1.94 bits per heavy atom. The maximum atomic E-state index is 13.0. The molecule has 0 aliphatic carbocycles. The smallest absolute Gasteiger partial charge is 0.243 e. The molecule has 1 amide bonds. The number of carbonyl (C=O) groups is 1. The summed E-state index contributed by atoms with van der Waals surface area (Å²) >= 11 is 12.2. The first-order valence-corrected chi connectivity index (χ1v) is 11.2. The molecule has 1 heterocycles. The number of hydrazone groups is 1. The van der Waals surface area contributed by atoms with Gasteiger partial charge in [0.15, 0.2) is 6.40 Å². The number of allylic oxidation sites excluding steroid dienone is 1. The van der Waals surface area contributed by atoms with Crippen molar-refractivity contribution in [3.63, 3.8) is 0 Å². The fraction of sp³-hybridized carbons (Fsp3) is 0.455. The van der Waals surface area contributed by atoms with Crippen LogP contribution in [0, 0.1) is 0 Å². The summed E-state index contributed by atoms with van der Waals surface area (Å²) < 4.78 is 10.0. The summed E-state index contributed by atoms with van der Waals surface area (Å²) in [5.74, 6) is 0.612. The zero-order valence-electron chi connectivity index (χ0n) is 19.4. The van der Waals surface area contributed by atoms with E-state index in [1.165, 1.54) is 19.7 Å². The van der Waals surface area contributed by atoms with Crippen LogP contribution in [0.25, 0.3) is 0 Å². The number of hydrogen-bond donors (Lipinski definition) is 0. The quantitative estimate of drug-likeness (QED) is 0.281. The molecule has 1 aliphatic heterocycles. The summed E-state index contributed by atoms with van der Waals surface area (Å²) in [5, 5.41) is 14.4. The standard InChI is InChI=1S/C22H30Cl2N6O3/c1-16(2)30(27-20(17(3)23)13-25-26-15-32-4)14-22(31)29-10-8-28(9-11-29)18-6-7-19(24)21(12-18)33-5/h6-7,12-13,15-16H,3,8-11,14H2,1-2,4-5H3/b25-13+,26-15-,27-20-. The number of carbonyl (C=O) groups excluding carboxylic acids is 1. The number of hydrogen-bond acceptors (Lipinski definition) is 8. The van der Waals surface area contributed by atoms with Crippen molar-refractivity contribution in [2.24, 2.45) is 15.3 Å². The molecule has 0 aromatic heterocycles. The van der Waals surface area contributed by atoms with Gasteiger partial charge in [0.25, 0.3) is 0 Å². The number of methoxy groups -OCH3 is 2. The summed E-state index contributed by atoms with van der Waals surface area (Å²) in [4.78, 5) is 17.0. The van der Waals surface area contributed by atoms with Crippen LogP contribution in [0.5, 0.6) is 5.75 Å². The highest BCUT2D eigenvalue weighted by atomic mass is 35.5. The molecular weight excluding hydrogens is 467 g/mol. The normalized spacial score (nSPS) is 14.9. The van der Waals surface area contributed by atoms with Crippen LogP contribution in [-0.2, 0) is 9.53 Å². The third-order valence-electron chi connectivity index (χ3n) is 4.94. The van der Waals surface area contributed by atoms with E-state index < -0.39 is 0 Å². The third-order valence-corrected chi connectivity index (χ3v) is 5.44. The predicted molar refractivity (Wildman–Crippen MR) is 135 cm³/mol. The molecule has 180 valence electrons. The molecule has 1 saturated heterocycles. The number of ether oxygens (including phenoxy) is 2. The van der Waals surface area contributed by atoms with Gasteiger partial charge in [-0.3, -0.25) is 9.80 Å². The number of rotatable bonds is 10. The van der Waals surface area contributed by atoms with Crippen LogP contribution in [0.1, 0.15) is 13.8 Å². The summed E-state index contributed by atoms with van der Waals surface area (Å²) in [6, 6.07) is 5.64. The largest absolute Gasteiger partial charge is 0.495 e. The van der Waals surface area contributed by atoms with Gasteiger partial charge in [-0.2, -0.15) is 10.2 Å². The van der Waals surface area contributed by atoms with Crippen molar-refractivity contribution < 1.29 is 14.3 Å². The van der Waals surface area contributed by atoms with E-state index in [0.717, 1.165) is 5.69 Å². The monoisotopic (exact) mass is 496 g/mol. The molecule has 0 radical (unpaired) electrons. The minimum absolute atomic E-state index is 0.0188. The van der Waals surface area contributed by atoms with E-state index in [-0.39, 0.29) is 23.5 Å². The van der Waals surface area contributed by atoms with Gasteiger partial charge in [0.2, 0.25) is 5.91 Å². The van der Waals surface area contributed by atoms with Crippen LogP contribution < -0.4 is 9.64 Å². The van der Waals surface area contributed by atoms with Crippen LogP contribution in [0.15, 0.2) is 45.1 Å². The Balaban J connectivity index is 2.02. The van der Waals surface area contributed by atoms with Gasteiger partial charge in [0.05, 0.1) is 30.5 Å². The van der Waals surface area contributed by atoms with Gasteiger partial charge in [0, 0.05) is 44.0 Å². The minimum atomic E-state index is -0.0429. The van der Waals surface area contributed by atoms with E-state index in [9.17, 15) is 4.79 Å². The first kappa shape index (κ1) is 26.5. The van der Waals surface area contributed by atoms with Gasteiger partial charge in [-0.25, -0.2) is 0 Å². The molecule has 0 bridgehead atoms. The van der Waals surface area contributed by atoms with Gasteiger partial charge in [-0.15, -0.1) is 5.10 Å². The van der Waals surface area contributed by atoms with Crippen molar-refractivity contribution in [2.75, 3.05) is 51.8 Å². The first-order valence-electron chi connectivity index (χ1n) is 10.4. The Hall–Kier alpha value is -2.78. The van der Waals surface area contributed by atoms with Crippen molar-refractivity contribution in [3.8, 4) is 5.75 Å². The zero-order valence-corrected chi connectivity index (χ0v) is 20.9. The second kappa shape index (κ2) is 13.1. The molecule has 0 atom stereocenters. The number of anilines is 1. The Kier molecular flexibility index (Phi) is 10.5. The Morgan fingerprint density at radius 1 is 1.24 bits per heavy atom. The van der Waals surface area contributed by atoms with Crippen LogP contribution in [0.2, 0.25) is 5.02 Å². The lowest BCUT2D eigenvalue weighted by molar-refractivity contribution is -0.133. The molecular formula is C22H30Cl2N6O3. The van der Waals surface area contributed by atoms with Crippen LogP contribution in [0.4, 0.5) is 5.69 Å². The van der Waals surface area contributed by atoms with Gasteiger partial charge in [-0.05, 0) is 26.0 Å². The summed E-state index contributed by atoms with van der Waals surface area (Å²) in [5.41, 5.74) is 1.32. The summed E-state index contributed by atoms with van der Waals surface area (Å²) in [7, 11) is 3.06. The average Bonchev–Trinajstić information content (AvgIpc) is 2.80. The van der Waals surface area contributed by atoms with E-state index in [1.54, 1.807) is 12.1 Å². The first-order chi connectivity index (χ1) is 15.8. The zero-order chi connectivity index (χ0) is 24.4. The van der Waals surface area contributed by atoms with E-state index in [4.69, 9.17) is 32.7 Å². The van der Waals surface area contributed by atoms with Crippen molar-refractivity contribution in [2.45, 2.75) is 19.9 Å². The molecule has 11 heteroatoms. The molecule has 1 fully saturated rings. The van der Waals surface area contributed by atoms with Gasteiger partial charge in [-0.1, -0.05) is 29.8 Å². The highest BCUT2D eigenvalue weighted by molar-refractivity contribution is 6.55. The van der Waals surface area contributed by atoms with E-state index in [2.05, 4.69) is 26.8 Å². The lowest BCUT2D eigenvalue weighted by Crippen LogP contribution is -2.51. The topological polar surface area (TPSA) is 82.3 Å². The minimum Gasteiger partial charge on any atom is -0.495 e. The molecule has 9 nitrogen and oxygen atoms in total. The van der Waals surface area contributed by atoms with Gasteiger partial charge < -0.3 is 19.3 Å². The lowest BCUT2D eigenvalue weighted by atomic mass is 10.2. The summed E-state index contributed by atoms with van der Waals surface area (Å²) in [6.45, 7) is 10.3. The van der Waals surface area contributed by atoms with Crippen LogP contribution in [-0.4, -0.2) is 87.1 Å². The van der Waals surface area contributed by atoms with Gasteiger partial charge >= 0.3 is 0 Å².